The summed E-state index contributed by atoms with van der Waals surface area (Å²) < 4.78 is 39.3. The first-order valence-corrected chi connectivity index (χ1v) is 20.5. The van der Waals surface area contributed by atoms with Gasteiger partial charge in [0.1, 0.15) is 11.4 Å². The van der Waals surface area contributed by atoms with Crippen molar-refractivity contribution in [2.24, 2.45) is 22.4 Å². The molecule has 1 saturated heterocycles. The fourth-order valence-corrected chi connectivity index (χ4v) is 9.92. The quantitative estimate of drug-likeness (QED) is 0.305. The molecule has 1 spiro atoms. The van der Waals surface area contributed by atoms with Gasteiger partial charge in [-0.2, -0.15) is 0 Å². The number of carbonyl (C=O) groups is 4. The first-order valence-electron chi connectivity index (χ1n) is 18.6. The molecule has 2 saturated carbocycles. The number of nitrogens with one attached hydrogen (secondary N) is 1. The molecule has 1 aromatic rings. The molecule has 3 fully saturated rings. The lowest BCUT2D eigenvalue weighted by molar-refractivity contribution is -0.159. The van der Waals surface area contributed by atoms with Crippen LogP contribution in [-0.4, -0.2) is 78.2 Å². The number of esters is 1. The Morgan fingerprint density at radius 2 is 1.88 bits per heavy atom. The lowest BCUT2D eigenvalue weighted by atomic mass is 9.87. The van der Waals surface area contributed by atoms with E-state index in [1.54, 1.807) is 26.8 Å². The first-order chi connectivity index (χ1) is 24.6. The maximum absolute atomic E-state index is 14.6. The summed E-state index contributed by atoms with van der Waals surface area (Å²) >= 11 is 6.55. The molecule has 6 aliphatic rings. The minimum atomic E-state index is -3.84. The molecule has 0 radical (unpaired) electrons. The summed E-state index contributed by atoms with van der Waals surface area (Å²) in [6, 6.07) is 2.79. The van der Waals surface area contributed by atoms with Crippen molar-refractivity contribution in [3.05, 3.63) is 40.4 Å². The third-order valence-corrected chi connectivity index (χ3v) is 13.3. The monoisotopic (exact) mass is 757 g/mol. The SMILES string of the molecule is CC(C)(C)OC(=O)CC1CCCCC/C=C\C2CC2(C(=O)NS(=O)(=O)C2CC2)CC(=O)C2CC3(CC(c4cc(Cl)c5c(c4)CCO5)=NO3)CN2C1=O. The fourth-order valence-electron chi connectivity index (χ4n) is 8.24. The summed E-state index contributed by atoms with van der Waals surface area (Å²) in [6.07, 6.45) is 9.61. The topological polar surface area (TPSA) is 158 Å². The summed E-state index contributed by atoms with van der Waals surface area (Å²) in [7, 11) is -3.84. The highest BCUT2D eigenvalue weighted by Crippen LogP contribution is 2.57. The molecule has 12 nitrogen and oxygen atoms in total. The molecule has 2 aliphatic carbocycles. The van der Waals surface area contributed by atoms with Gasteiger partial charge in [-0.05, 0) is 82.9 Å². The predicted octanol–water partition coefficient (Wildman–Crippen LogP) is 5.18. The van der Waals surface area contributed by atoms with Gasteiger partial charge in [0.2, 0.25) is 21.8 Å². The molecule has 0 bridgehead atoms. The summed E-state index contributed by atoms with van der Waals surface area (Å²) in [6.45, 7) is 5.93. The first kappa shape index (κ1) is 36.9. The van der Waals surface area contributed by atoms with E-state index in [2.05, 4.69) is 9.88 Å². The maximum atomic E-state index is 14.6. The average Bonchev–Trinajstić information content (AvgIpc) is 3.89. The van der Waals surface area contributed by atoms with Gasteiger partial charge in [0.25, 0.3) is 0 Å². The van der Waals surface area contributed by atoms with E-state index in [0.29, 0.717) is 68.0 Å². The second-order valence-corrected chi connectivity index (χ2v) is 18.9. The Kier molecular flexibility index (Phi) is 9.76. The molecule has 1 N–H and O–H groups in total. The summed E-state index contributed by atoms with van der Waals surface area (Å²) in [5.74, 6) is -2.21. The Bertz CT molecular complexity index is 1830. The van der Waals surface area contributed by atoms with E-state index in [0.717, 1.165) is 30.4 Å². The van der Waals surface area contributed by atoms with E-state index in [4.69, 9.17) is 25.9 Å². The zero-order chi connectivity index (χ0) is 37.1. The van der Waals surface area contributed by atoms with Crippen LogP contribution in [0.3, 0.4) is 0 Å². The number of benzene rings is 1. The molecule has 14 heteroatoms. The molecule has 52 heavy (non-hydrogen) atoms. The Balaban J connectivity index is 1.19. The average molecular weight is 758 g/mol. The van der Waals surface area contributed by atoms with Crippen LogP contribution < -0.4 is 9.46 Å². The Hall–Kier alpha value is -3.45. The largest absolute Gasteiger partial charge is 0.491 e. The molecule has 5 unspecified atom stereocenters. The van der Waals surface area contributed by atoms with Crippen molar-refractivity contribution < 1.29 is 41.9 Å². The number of amides is 2. The number of oxime groups is 1. The Morgan fingerprint density at radius 1 is 1.10 bits per heavy atom. The highest BCUT2D eigenvalue weighted by atomic mass is 35.5. The van der Waals surface area contributed by atoms with Gasteiger partial charge in [0, 0.05) is 37.2 Å². The number of fused-ring (bicyclic) bond motifs is 3. The normalized spacial score (nSPS) is 31.3. The Morgan fingerprint density at radius 3 is 2.63 bits per heavy atom. The maximum Gasteiger partial charge on any atom is 0.307 e. The van der Waals surface area contributed by atoms with Crippen LogP contribution in [0.5, 0.6) is 5.75 Å². The highest BCUT2D eigenvalue weighted by Gasteiger charge is 2.63. The number of hydrogen-bond acceptors (Lipinski definition) is 10. The smallest absolute Gasteiger partial charge is 0.307 e. The van der Waals surface area contributed by atoms with Crippen LogP contribution in [0.4, 0.5) is 0 Å². The standard InChI is InChI=1S/C38H48ClN3O9S/c1-36(2,3)50-32(44)17-24-9-7-5-4-6-8-10-26-18-38(26,35(46)41-52(47,48)27-11-12-27)21-31(43)30-20-37(22-42(30)34(24)45)19-29(40-51-37)25-15-23-13-14-49-33(23)28(39)16-25/h8,10,15-16,24,26-27,30H,4-7,9,11-14,17-22H2,1-3H3,(H,41,46)/b10-8-. The van der Waals surface area contributed by atoms with Crippen LogP contribution in [0, 0.1) is 17.3 Å². The van der Waals surface area contributed by atoms with Crippen LogP contribution in [0.1, 0.15) is 109 Å². The van der Waals surface area contributed by atoms with E-state index in [-0.39, 0.29) is 43.4 Å². The molecular formula is C38H48ClN3O9S. The van der Waals surface area contributed by atoms with Gasteiger partial charge < -0.3 is 19.2 Å². The number of nitrogens with zero attached hydrogens (tertiary/aromatic N) is 2. The number of halogens is 1. The lowest BCUT2D eigenvalue weighted by Gasteiger charge is -2.29. The minimum absolute atomic E-state index is 0.0560. The van der Waals surface area contributed by atoms with Gasteiger partial charge in [-0.3, -0.25) is 23.9 Å². The van der Waals surface area contributed by atoms with Gasteiger partial charge >= 0.3 is 5.97 Å². The third-order valence-electron chi connectivity index (χ3n) is 11.2. The second kappa shape index (κ2) is 13.8. The second-order valence-electron chi connectivity index (χ2n) is 16.6. The van der Waals surface area contributed by atoms with Crippen molar-refractivity contribution in [3.8, 4) is 5.75 Å². The molecule has 282 valence electrons. The van der Waals surface area contributed by atoms with E-state index in [1.807, 2.05) is 18.2 Å². The van der Waals surface area contributed by atoms with Crippen LogP contribution in [0.2, 0.25) is 5.02 Å². The molecule has 4 heterocycles. The molecule has 7 rings (SSSR count). The number of hydrogen-bond donors (Lipinski definition) is 1. The van der Waals surface area contributed by atoms with Crippen molar-refractivity contribution in [2.45, 2.75) is 127 Å². The van der Waals surface area contributed by atoms with Crippen LogP contribution in [0.15, 0.2) is 29.4 Å². The number of sulfonamides is 1. The third kappa shape index (κ3) is 7.62. The molecule has 4 aliphatic heterocycles. The van der Waals surface area contributed by atoms with Crippen molar-refractivity contribution in [2.75, 3.05) is 13.2 Å². The molecule has 1 aromatic carbocycles. The van der Waals surface area contributed by atoms with Crippen LogP contribution in [0.25, 0.3) is 0 Å². The molecule has 0 aromatic heterocycles. The number of allylic oxidation sites excluding steroid dienone is 2. The summed E-state index contributed by atoms with van der Waals surface area (Å²) in [5, 5.41) is 4.34. The zero-order valence-electron chi connectivity index (χ0n) is 30.1. The van der Waals surface area contributed by atoms with Crippen molar-refractivity contribution in [3.63, 3.8) is 0 Å². The number of Topliss-reactive ketones (excluding diaryl/α,β-unsaturated/α-hetero) is 1. The van der Waals surface area contributed by atoms with Crippen LogP contribution >= 0.6 is 11.6 Å². The highest BCUT2D eigenvalue weighted by molar-refractivity contribution is 7.90. The van der Waals surface area contributed by atoms with Crippen molar-refractivity contribution >= 4 is 50.9 Å². The zero-order valence-corrected chi connectivity index (χ0v) is 31.7. The lowest BCUT2D eigenvalue weighted by Crippen LogP contribution is -2.47. The van der Waals surface area contributed by atoms with Crippen LogP contribution in [-0.2, 0) is 45.2 Å². The predicted molar refractivity (Wildman–Crippen MR) is 192 cm³/mol. The fraction of sp³-hybridized carbons (Fsp3) is 0.658. The van der Waals surface area contributed by atoms with Gasteiger partial charge in [0.05, 0.1) is 47.0 Å². The van der Waals surface area contributed by atoms with Crippen molar-refractivity contribution in [1.29, 1.82) is 0 Å². The van der Waals surface area contributed by atoms with E-state index >= 15 is 0 Å². The van der Waals surface area contributed by atoms with Gasteiger partial charge in [0.15, 0.2) is 11.4 Å². The number of rotatable bonds is 6. The number of ether oxygens (including phenoxy) is 2. The van der Waals surface area contributed by atoms with E-state index < -0.39 is 55.7 Å². The molecular weight excluding hydrogens is 710 g/mol. The number of ketones is 1. The Labute approximate surface area is 310 Å². The molecule has 2 amide bonds. The summed E-state index contributed by atoms with van der Waals surface area (Å²) in [5.41, 5.74) is -0.612. The van der Waals surface area contributed by atoms with Gasteiger partial charge in [-0.1, -0.05) is 41.8 Å². The van der Waals surface area contributed by atoms with Crippen molar-refractivity contribution in [1.82, 2.24) is 9.62 Å². The molecule has 5 atom stereocenters. The van der Waals surface area contributed by atoms with E-state index in [9.17, 15) is 27.6 Å². The van der Waals surface area contributed by atoms with E-state index in [1.165, 1.54) is 4.90 Å². The minimum Gasteiger partial charge on any atom is -0.491 e. The summed E-state index contributed by atoms with van der Waals surface area (Å²) in [4.78, 5) is 63.8. The number of carbonyl (C=O) groups excluding carboxylic acids is 4. The van der Waals surface area contributed by atoms with Gasteiger partial charge in [-0.15, -0.1) is 0 Å². The van der Waals surface area contributed by atoms with Gasteiger partial charge in [-0.25, -0.2) is 8.42 Å².